The molecule has 0 aliphatic heterocycles. The molecule has 6 nitrogen and oxygen atoms in total. The Morgan fingerprint density at radius 3 is 2.24 bits per heavy atom. The van der Waals surface area contributed by atoms with Crippen molar-refractivity contribution in [3.05, 3.63) is 65.2 Å². The Morgan fingerprint density at radius 1 is 0.970 bits per heavy atom. The van der Waals surface area contributed by atoms with Crippen molar-refractivity contribution in [3.63, 3.8) is 0 Å². The molecule has 3 heterocycles. The maximum atomic E-state index is 8.12. The molecule has 0 aliphatic rings. The third kappa shape index (κ3) is 6.05. The van der Waals surface area contributed by atoms with Crippen molar-refractivity contribution in [3.8, 4) is 27.5 Å². The predicted octanol–water partition coefficient (Wildman–Crippen LogP) is 6.21. The summed E-state index contributed by atoms with van der Waals surface area (Å²) in [5, 5.41) is 6.18. The molecule has 3 aromatic heterocycles. The van der Waals surface area contributed by atoms with Crippen LogP contribution in [0, 0.1) is 27.7 Å². The van der Waals surface area contributed by atoms with Gasteiger partial charge in [-0.1, -0.05) is 48.9 Å². The predicted molar refractivity (Wildman–Crippen MR) is 133 cm³/mol. The molecule has 0 atom stereocenters. The number of rotatable bonds is 5. The van der Waals surface area contributed by atoms with Gasteiger partial charge in [0, 0.05) is 34.0 Å². The number of benzene rings is 1. The number of aromatic nitrogens is 4. The lowest BCUT2D eigenvalue weighted by molar-refractivity contribution is -0.191. The number of carbonyl (C=O) groups excluding carboxylic acids is 2. The minimum absolute atomic E-state index is 0.250. The molecule has 4 aromatic rings. The van der Waals surface area contributed by atoms with Crippen LogP contribution in [0.2, 0.25) is 0 Å². The van der Waals surface area contributed by atoms with E-state index in [1.54, 1.807) is 11.3 Å². The summed E-state index contributed by atoms with van der Waals surface area (Å²) >= 11 is 3.56. The van der Waals surface area contributed by atoms with Gasteiger partial charge in [-0.15, -0.1) is 11.8 Å². The Labute approximate surface area is 202 Å². The van der Waals surface area contributed by atoms with Gasteiger partial charge in [-0.3, -0.25) is 4.98 Å². The van der Waals surface area contributed by atoms with Crippen molar-refractivity contribution >= 4 is 29.3 Å². The zero-order valence-electron chi connectivity index (χ0n) is 19.5. The molecular weight excluding hydrogens is 452 g/mol. The number of aryl methyl sites for hydroxylation is 4. The lowest BCUT2D eigenvalue weighted by Crippen LogP contribution is -1.94. The van der Waals surface area contributed by atoms with Crippen molar-refractivity contribution in [1.82, 2.24) is 19.7 Å². The van der Waals surface area contributed by atoms with Crippen molar-refractivity contribution < 1.29 is 9.59 Å². The molecule has 0 fully saturated rings. The highest BCUT2D eigenvalue weighted by Crippen LogP contribution is 2.40. The van der Waals surface area contributed by atoms with E-state index in [0.717, 1.165) is 44.6 Å². The summed E-state index contributed by atoms with van der Waals surface area (Å²) in [6.07, 6.45) is 2.34. The first-order chi connectivity index (χ1) is 15.7. The van der Waals surface area contributed by atoms with E-state index in [-0.39, 0.29) is 6.15 Å². The number of nitrogens with zero attached hydrogens (tertiary/aromatic N) is 4. The van der Waals surface area contributed by atoms with E-state index in [0.29, 0.717) is 5.25 Å². The van der Waals surface area contributed by atoms with Crippen molar-refractivity contribution in [2.45, 2.75) is 51.0 Å². The normalized spacial score (nSPS) is 10.6. The molecule has 0 unspecified atom stereocenters. The van der Waals surface area contributed by atoms with E-state index < -0.39 is 0 Å². The maximum Gasteiger partial charge on any atom is 0.373 e. The number of thioether (sulfide) groups is 1. The molecule has 0 aliphatic carbocycles. The molecular formula is C25H26N4O2S2. The molecule has 1 aromatic carbocycles. The lowest BCUT2D eigenvalue weighted by Gasteiger charge is -2.05. The molecule has 0 bridgehead atoms. The molecule has 0 spiro atoms. The monoisotopic (exact) mass is 478 g/mol. The van der Waals surface area contributed by atoms with Gasteiger partial charge in [0.15, 0.2) is 0 Å². The Morgan fingerprint density at radius 2 is 1.64 bits per heavy atom. The summed E-state index contributed by atoms with van der Waals surface area (Å²) in [6, 6.07) is 12.8. The first kappa shape index (κ1) is 24.6. The van der Waals surface area contributed by atoms with E-state index in [9.17, 15) is 0 Å². The van der Waals surface area contributed by atoms with Crippen LogP contribution in [0.15, 0.2) is 46.8 Å². The van der Waals surface area contributed by atoms with Crippen LogP contribution in [0.4, 0.5) is 0 Å². The van der Waals surface area contributed by atoms with Crippen LogP contribution in [0.3, 0.4) is 0 Å². The minimum Gasteiger partial charge on any atom is -0.258 e. The summed E-state index contributed by atoms with van der Waals surface area (Å²) in [7, 11) is 0. The van der Waals surface area contributed by atoms with Gasteiger partial charge in [-0.25, -0.2) is 9.67 Å². The van der Waals surface area contributed by atoms with E-state index in [4.69, 9.17) is 19.7 Å². The van der Waals surface area contributed by atoms with Gasteiger partial charge in [0.1, 0.15) is 0 Å². The van der Waals surface area contributed by atoms with Crippen LogP contribution in [-0.2, 0) is 9.59 Å². The molecule has 0 amide bonds. The molecule has 0 saturated heterocycles. The van der Waals surface area contributed by atoms with Crippen LogP contribution in [-0.4, -0.2) is 31.1 Å². The van der Waals surface area contributed by atoms with Crippen LogP contribution in [0.1, 0.15) is 36.5 Å². The molecule has 0 saturated carbocycles. The van der Waals surface area contributed by atoms with E-state index in [1.165, 1.54) is 9.77 Å². The minimum atomic E-state index is 0.250. The second-order valence-corrected chi connectivity index (χ2v) is 10.8. The third-order valence-corrected chi connectivity index (χ3v) is 6.96. The second kappa shape index (κ2) is 10.7. The van der Waals surface area contributed by atoms with Gasteiger partial charge < -0.3 is 0 Å². The van der Waals surface area contributed by atoms with Gasteiger partial charge in [0.25, 0.3) is 0 Å². The Bertz CT molecular complexity index is 1280. The largest absolute Gasteiger partial charge is 0.373 e. The van der Waals surface area contributed by atoms with Crippen molar-refractivity contribution in [2.24, 2.45) is 0 Å². The number of hydrogen-bond donors (Lipinski definition) is 0. The van der Waals surface area contributed by atoms with Crippen LogP contribution in [0.5, 0.6) is 0 Å². The molecule has 4 rings (SSSR count). The molecule has 170 valence electrons. The zero-order chi connectivity index (χ0) is 24.1. The van der Waals surface area contributed by atoms with Gasteiger partial charge >= 0.3 is 6.15 Å². The van der Waals surface area contributed by atoms with Gasteiger partial charge in [-0.05, 0) is 51.5 Å². The molecule has 0 radical (unpaired) electrons. The highest BCUT2D eigenvalue weighted by molar-refractivity contribution is 8.01. The Balaban J connectivity index is 0.000000968. The topological polar surface area (TPSA) is 77.7 Å². The Kier molecular flexibility index (Phi) is 7.97. The van der Waals surface area contributed by atoms with Gasteiger partial charge in [0.2, 0.25) is 5.13 Å². The fourth-order valence-electron chi connectivity index (χ4n) is 3.49. The van der Waals surface area contributed by atoms with Crippen LogP contribution in [0.25, 0.3) is 27.5 Å². The van der Waals surface area contributed by atoms with E-state index >= 15 is 0 Å². The van der Waals surface area contributed by atoms with Crippen molar-refractivity contribution in [2.75, 3.05) is 0 Å². The quantitative estimate of drug-likeness (QED) is 0.317. The maximum absolute atomic E-state index is 8.12. The number of pyridine rings is 1. The molecule has 8 heteroatoms. The highest BCUT2D eigenvalue weighted by atomic mass is 32.2. The standard InChI is InChI=1S/C24H26N4S2.CO2/c1-14(2)29-23-22(19-9-7-8-15(3)10-19)26-24(30-23)28-13-21(18(6)27-28)20-11-16(4)25-17(5)12-20;2-1-3/h7-14H,1-6H3;. The fraction of sp³-hybridized carbons (Fsp3) is 0.280. The average Bonchev–Trinajstić information content (AvgIpc) is 3.31. The SMILES string of the molecule is Cc1cccc(-c2nc(-n3cc(-c4cc(C)nc(C)c4)c(C)n3)sc2SC(C)C)c1.O=C=O. The van der Waals surface area contributed by atoms with E-state index in [2.05, 4.69) is 75.3 Å². The van der Waals surface area contributed by atoms with Crippen LogP contribution >= 0.6 is 23.1 Å². The summed E-state index contributed by atoms with van der Waals surface area (Å²) in [4.78, 5) is 25.8. The molecule has 33 heavy (non-hydrogen) atoms. The second-order valence-electron chi connectivity index (χ2n) is 7.96. The highest BCUT2D eigenvalue weighted by Gasteiger charge is 2.18. The first-order valence-electron chi connectivity index (χ1n) is 10.5. The van der Waals surface area contributed by atoms with Gasteiger partial charge in [-0.2, -0.15) is 14.7 Å². The Hall–Kier alpha value is -3.06. The fourth-order valence-corrected chi connectivity index (χ4v) is 5.94. The first-order valence-corrected chi connectivity index (χ1v) is 12.2. The smallest absolute Gasteiger partial charge is 0.258 e. The number of hydrogen-bond acceptors (Lipinski definition) is 7. The zero-order valence-corrected chi connectivity index (χ0v) is 21.2. The van der Waals surface area contributed by atoms with Gasteiger partial charge in [0.05, 0.1) is 15.6 Å². The van der Waals surface area contributed by atoms with Crippen molar-refractivity contribution in [1.29, 1.82) is 0 Å². The number of thiazole rings is 1. The average molecular weight is 479 g/mol. The lowest BCUT2D eigenvalue weighted by atomic mass is 10.1. The summed E-state index contributed by atoms with van der Waals surface area (Å²) in [5.41, 5.74) is 8.74. The van der Waals surface area contributed by atoms with Crippen LogP contribution < -0.4 is 0 Å². The summed E-state index contributed by atoms with van der Waals surface area (Å²) in [5.74, 6) is 0. The summed E-state index contributed by atoms with van der Waals surface area (Å²) < 4.78 is 3.15. The molecule has 0 N–H and O–H groups in total. The third-order valence-electron chi connectivity index (χ3n) is 4.71. The van der Waals surface area contributed by atoms with E-state index in [1.807, 2.05) is 30.3 Å². The summed E-state index contributed by atoms with van der Waals surface area (Å²) in [6.45, 7) is 12.7.